The Hall–Kier alpha value is -2.89. The number of hydrogen-bond acceptors (Lipinski definition) is 5. The van der Waals surface area contributed by atoms with Crippen molar-refractivity contribution in [2.45, 2.75) is 6.92 Å². The number of rotatable bonds is 4. The third-order valence-corrected chi connectivity index (χ3v) is 3.07. The first-order valence-corrected chi connectivity index (χ1v) is 6.91. The number of nitrogens with zero attached hydrogens (tertiary/aromatic N) is 3. The standard InChI is InChI=1S/C16H15N3O3/c1-3-21-14-7-5-4-6-12(14)15-18-13(16(20)22-15)8-11-9-17-19(2)10-11/h4-10H,3H2,1-2H3. The Balaban J connectivity index is 1.95. The molecule has 22 heavy (non-hydrogen) atoms. The lowest BCUT2D eigenvalue weighted by atomic mass is 10.2. The van der Waals surface area contributed by atoms with Crippen LogP contribution in [0.3, 0.4) is 0 Å². The number of benzene rings is 1. The van der Waals surface area contributed by atoms with Gasteiger partial charge in [-0.1, -0.05) is 12.1 Å². The highest BCUT2D eigenvalue weighted by Gasteiger charge is 2.26. The molecule has 0 aliphatic carbocycles. The minimum atomic E-state index is -0.481. The molecule has 112 valence electrons. The largest absolute Gasteiger partial charge is 0.493 e. The molecule has 0 N–H and O–H groups in total. The van der Waals surface area contributed by atoms with Crippen molar-refractivity contribution in [2.75, 3.05) is 6.61 Å². The number of carbonyl (C=O) groups is 1. The van der Waals surface area contributed by atoms with Crippen molar-refractivity contribution in [1.29, 1.82) is 0 Å². The number of cyclic esters (lactones) is 1. The molecule has 0 atom stereocenters. The molecule has 2 aromatic rings. The minimum absolute atomic E-state index is 0.245. The fourth-order valence-electron chi connectivity index (χ4n) is 2.12. The smallest absolute Gasteiger partial charge is 0.363 e. The minimum Gasteiger partial charge on any atom is -0.493 e. The average Bonchev–Trinajstić information content (AvgIpc) is 3.07. The lowest BCUT2D eigenvalue weighted by molar-refractivity contribution is -0.129. The van der Waals surface area contributed by atoms with E-state index in [4.69, 9.17) is 9.47 Å². The van der Waals surface area contributed by atoms with Gasteiger partial charge in [0.15, 0.2) is 5.70 Å². The van der Waals surface area contributed by atoms with Gasteiger partial charge < -0.3 is 9.47 Å². The number of carbonyl (C=O) groups excluding carboxylic acids is 1. The molecule has 0 radical (unpaired) electrons. The summed E-state index contributed by atoms with van der Waals surface area (Å²) in [5, 5.41) is 4.05. The highest BCUT2D eigenvalue weighted by atomic mass is 16.6. The normalized spacial score (nSPS) is 15.8. The van der Waals surface area contributed by atoms with Crippen LogP contribution in [-0.4, -0.2) is 28.3 Å². The van der Waals surface area contributed by atoms with Crippen LogP contribution in [0.2, 0.25) is 0 Å². The van der Waals surface area contributed by atoms with Gasteiger partial charge in [-0.2, -0.15) is 5.10 Å². The van der Waals surface area contributed by atoms with Crippen LogP contribution in [0.5, 0.6) is 5.75 Å². The summed E-state index contributed by atoms with van der Waals surface area (Å²) in [7, 11) is 1.81. The van der Waals surface area contributed by atoms with Gasteiger partial charge in [0.05, 0.1) is 18.4 Å². The topological polar surface area (TPSA) is 65.7 Å². The molecule has 1 aliphatic heterocycles. The molecule has 6 nitrogen and oxygen atoms in total. The Morgan fingerprint density at radius 3 is 2.91 bits per heavy atom. The van der Waals surface area contributed by atoms with E-state index in [-0.39, 0.29) is 11.6 Å². The maximum Gasteiger partial charge on any atom is 0.363 e. The lowest BCUT2D eigenvalue weighted by Crippen LogP contribution is -2.07. The van der Waals surface area contributed by atoms with Crippen molar-refractivity contribution in [1.82, 2.24) is 9.78 Å². The molecule has 0 bridgehead atoms. The summed E-state index contributed by atoms with van der Waals surface area (Å²) in [4.78, 5) is 16.2. The van der Waals surface area contributed by atoms with E-state index in [1.54, 1.807) is 23.2 Å². The van der Waals surface area contributed by atoms with Gasteiger partial charge in [0.1, 0.15) is 5.75 Å². The maximum atomic E-state index is 12.0. The third-order valence-electron chi connectivity index (χ3n) is 3.07. The first kappa shape index (κ1) is 14.1. The number of hydrogen-bond donors (Lipinski definition) is 0. The third kappa shape index (κ3) is 2.76. The molecule has 1 aromatic carbocycles. The van der Waals surface area contributed by atoms with Gasteiger partial charge in [-0.3, -0.25) is 4.68 Å². The second-order valence-corrected chi connectivity index (χ2v) is 4.71. The first-order valence-electron chi connectivity index (χ1n) is 6.91. The molecule has 1 aliphatic rings. The van der Waals surface area contributed by atoms with Gasteiger partial charge in [0.2, 0.25) is 5.90 Å². The van der Waals surface area contributed by atoms with Crippen LogP contribution >= 0.6 is 0 Å². The van der Waals surface area contributed by atoms with Crippen molar-refractivity contribution in [3.8, 4) is 5.75 Å². The van der Waals surface area contributed by atoms with Gasteiger partial charge in [-0.15, -0.1) is 0 Å². The van der Waals surface area contributed by atoms with Crippen LogP contribution in [0.15, 0.2) is 47.3 Å². The number of aromatic nitrogens is 2. The number of para-hydroxylation sites is 1. The molecule has 0 saturated heterocycles. The number of esters is 1. The van der Waals surface area contributed by atoms with Gasteiger partial charge >= 0.3 is 5.97 Å². The van der Waals surface area contributed by atoms with Crippen LogP contribution in [-0.2, 0) is 16.6 Å². The fraction of sp³-hybridized carbons (Fsp3) is 0.188. The number of ether oxygens (including phenoxy) is 2. The molecule has 0 unspecified atom stereocenters. The summed E-state index contributed by atoms with van der Waals surface area (Å²) in [6.45, 7) is 2.42. The molecule has 0 saturated carbocycles. The summed E-state index contributed by atoms with van der Waals surface area (Å²) < 4.78 is 12.5. The molecular weight excluding hydrogens is 282 g/mol. The summed E-state index contributed by atoms with van der Waals surface area (Å²) in [5.41, 5.74) is 1.69. The van der Waals surface area contributed by atoms with Crippen LogP contribution in [0.1, 0.15) is 18.1 Å². The Kier molecular flexibility index (Phi) is 3.74. The zero-order valence-corrected chi connectivity index (χ0v) is 12.3. The van der Waals surface area contributed by atoms with Crippen molar-refractivity contribution in [3.63, 3.8) is 0 Å². The highest BCUT2D eigenvalue weighted by molar-refractivity contribution is 6.13. The Bertz CT molecular complexity index is 774. The fourth-order valence-corrected chi connectivity index (χ4v) is 2.12. The molecule has 0 spiro atoms. The lowest BCUT2D eigenvalue weighted by Gasteiger charge is -2.08. The molecule has 0 fully saturated rings. The summed E-state index contributed by atoms with van der Waals surface area (Å²) in [6, 6.07) is 7.33. The maximum absolute atomic E-state index is 12.0. The van der Waals surface area contributed by atoms with Gasteiger partial charge in [0, 0.05) is 18.8 Å². The quantitative estimate of drug-likeness (QED) is 0.641. The van der Waals surface area contributed by atoms with Gasteiger partial charge in [-0.25, -0.2) is 9.79 Å². The second-order valence-electron chi connectivity index (χ2n) is 4.71. The molecule has 6 heteroatoms. The predicted molar refractivity (Wildman–Crippen MR) is 81.4 cm³/mol. The summed E-state index contributed by atoms with van der Waals surface area (Å²) >= 11 is 0. The van der Waals surface area contributed by atoms with Crippen molar-refractivity contribution >= 4 is 17.9 Å². The van der Waals surface area contributed by atoms with E-state index in [0.29, 0.717) is 17.9 Å². The molecule has 1 aromatic heterocycles. The second kappa shape index (κ2) is 5.85. The number of aryl methyl sites for hydroxylation is 1. The Morgan fingerprint density at radius 1 is 1.36 bits per heavy atom. The molecular formula is C16H15N3O3. The van der Waals surface area contributed by atoms with Crippen LogP contribution < -0.4 is 4.74 Å². The van der Waals surface area contributed by atoms with Crippen LogP contribution in [0, 0.1) is 0 Å². The van der Waals surface area contributed by atoms with E-state index in [1.807, 2.05) is 38.2 Å². The predicted octanol–water partition coefficient (Wildman–Crippen LogP) is 2.16. The average molecular weight is 297 g/mol. The van der Waals surface area contributed by atoms with Crippen molar-refractivity contribution in [3.05, 3.63) is 53.5 Å². The summed E-state index contributed by atoms with van der Waals surface area (Å²) in [6.07, 6.45) is 5.09. The SMILES string of the molecule is CCOc1ccccc1C1=NC(=Cc2cnn(C)c2)C(=O)O1. The zero-order chi connectivity index (χ0) is 15.5. The molecule has 2 heterocycles. The molecule has 3 rings (SSSR count). The van der Waals surface area contributed by atoms with Crippen molar-refractivity contribution < 1.29 is 14.3 Å². The van der Waals surface area contributed by atoms with Crippen molar-refractivity contribution in [2.24, 2.45) is 12.0 Å². The summed E-state index contributed by atoms with van der Waals surface area (Å²) in [5.74, 6) is 0.411. The van der Waals surface area contributed by atoms with E-state index in [1.165, 1.54) is 0 Å². The number of aliphatic imine (C=N–C) groups is 1. The van der Waals surface area contributed by atoms with E-state index in [9.17, 15) is 4.79 Å². The van der Waals surface area contributed by atoms with Gasteiger partial charge in [-0.05, 0) is 25.1 Å². The Labute approximate surface area is 127 Å². The van der Waals surface area contributed by atoms with E-state index in [2.05, 4.69) is 10.1 Å². The highest BCUT2D eigenvalue weighted by Crippen LogP contribution is 2.25. The zero-order valence-electron chi connectivity index (χ0n) is 12.3. The van der Waals surface area contributed by atoms with Crippen LogP contribution in [0.4, 0.5) is 0 Å². The molecule has 0 amide bonds. The Morgan fingerprint density at radius 2 is 2.18 bits per heavy atom. The van der Waals surface area contributed by atoms with Crippen LogP contribution in [0.25, 0.3) is 6.08 Å². The van der Waals surface area contributed by atoms with E-state index >= 15 is 0 Å². The van der Waals surface area contributed by atoms with Gasteiger partial charge in [0.25, 0.3) is 0 Å². The van der Waals surface area contributed by atoms with E-state index in [0.717, 1.165) is 5.56 Å². The van der Waals surface area contributed by atoms with E-state index < -0.39 is 5.97 Å². The monoisotopic (exact) mass is 297 g/mol. The first-order chi connectivity index (χ1) is 10.7.